The number of aromatic nitrogens is 6. The lowest BCUT2D eigenvalue weighted by molar-refractivity contribution is -0.0811. The van der Waals surface area contributed by atoms with E-state index in [1.165, 1.54) is 12.7 Å². The van der Waals surface area contributed by atoms with Gasteiger partial charge in [-0.3, -0.25) is 9.78 Å². The van der Waals surface area contributed by atoms with Gasteiger partial charge in [-0.25, -0.2) is 4.98 Å². The van der Waals surface area contributed by atoms with Crippen molar-refractivity contribution in [1.29, 1.82) is 0 Å². The van der Waals surface area contributed by atoms with Crippen molar-refractivity contribution in [3.05, 3.63) is 42.5 Å². The van der Waals surface area contributed by atoms with Crippen molar-refractivity contribution in [2.75, 3.05) is 0 Å². The Hall–Kier alpha value is -2.90. The van der Waals surface area contributed by atoms with E-state index in [4.69, 9.17) is 0 Å². The number of carbonyl (C=O) groups excluding carboxylic acids is 1. The van der Waals surface area contributed by atoms with E-state index in [1.54, 1.807) is 11.0 Å². The van der Waals surface area contributed by atoms with Gasteiger partial charge in [-0.1, -0.05) is 12.1 Å². The fourth-order valence-corrected chi connectivity index (χ4v) is 6.35. The second-order valence-electron chi connectivity index (χ2n) is 8.89. The summed E-state index contributed by atoms with van der Waals surface area (Å²) in [6.45, 7) is 0. The van der Waals surface area contributed by atoms with Gasteiger partial charge in [-0.2, -0.15) is 4.80 Å². The van der Waals surface area contributed by atoms with Gasteiger partial charge in [-0.05, 0) is 67.7 Å². The Morgan fingerprint density at radius 3 is 2.64 bits per heavy atom. The van der Waals surface area contributed by atoms with Crippen molar-refractivity contribution < 1.29 is 4.79 Å². The molecule has 8 heteroatoms. The maximum atomic E-state index is 13.1. The van der Waals surface area contributed by atoms with Gasteiger partial charge in [0.25, 0.3) is 5.91 Å². The largest absolute Gasteiger partial charge is 0.345 e. The third-order valence-electron chi connectivity index (χ3n) is 6.86. The van der Waals surface area contributed by atoms with Crippen LogP contribution in [0.15, 0.2) is 36.8 Å². The quantitative estimate of drug-likeness (QED) is 0.753. The minimum atomic E-state index is -0.220. The van der Waals surface area contributed by atoms with E-state index in [-0.39, 0.29) is 17.0 Å². The van der Waals surface area contributed by atoms with Crippen LogP contribution in [-0.2, 0) is 5.54 Å². The SMILES string of the molecule is O=C(NC12CC3CC(C1)CC(n1ncnn1)(C3)C2)c1cnc2ccccc2n1. The molecule has 1 amide bonds. The minimum absolute atomic E-state index is 0.122. The van der Waals surface area contributed by atoms with E-state index in [9.17, 15) is 4.79 Å². The molecule has 2 heterocycles. The number of carbonyl (C=O) groups is 1. The zero-order valence-electron chi connectivity index (χ0n) is 15.5. The number of para-hydroxylation sites is 2. The molecule has 4 aliphatic carbocycles. The predicted octanol–water partition coefficient (Wildman–Crippen LogP) is 2.09. The first-order chi connectivity index (χ1) is 13.6. The number of hydrogen-bond acceptors (Lipinski definition) is 6. The molecule has 2 atom stereocenters. The van der Waals surface area contributed by atoms with Crippen molar-refractivity contribution in [1.82, 2.24) is 35.5 Å². The van der Waals surface area contributed by atoms with Gasteiger partial charge in [0, 0.05) is 5.54 Å². The monoisotopic (exact) mass is 375 g/mol. The summed E-state index contributed by atoms with van der Waals surface area (Å²) >= 11 is 0. The van der Waals surface area contributed by atoms with Gasteiger partial charge >= 0.3 is 0 Å². The van der Waals surface area contributed by atoms with Crippen LogP contribution in [0.1, 0.15) is 49.0 Å². The molecule has 3 aromatic rings. The van der Waals surface area contributed by atoms with Crippen LogP contribution in [0.2, 0.25) is 0 Å². The van der Waals surface area contributed by atoms with Crippen molar-refractivity contribution >= 4 is 16.9 Å². The summed E-state index contributed by atoms with van der Waals surface area (Å²) in [5.41, 5.74) is 1.57. The van der Waals surface area contributed by atoms with E-state index in [2.05, 4.69) is 30.7 Å². The number of fused-ring (bicyclic) bond motifs is 1. The summed E-state index contributed by atoms with van der Waals surface area (Å²) in [7, 11) is 0. The molecular weight excluding hydrogens is 354 g/mol. The van der Waals surface area contributed by atoms with E-state index in [1.807, 2.05) is 24.3 Å². The molecule has 2 aromatic heterocycles. The van der Waals surface area contributed by atoms with Crippen LogP contribution in [0.25, 0.3) is 11.0 Å². The molecule has 1 aromatic carbocycles. The normalized spacial score (nSPS) is 33.3. The highest BCUT2D eigenvalue weighted by molar-refractivity contribution is 5.94. The maximum absolute atomic E-state index is 13.1. The Labute approximate surface area is 161 Å². The summed E-state index contributed by atoms with van der Waals surface area (Å²) in [5, 5.41) is 15.9. The Morgan fingerprint density at radius 2 is 1.89 bits per heavy atom. The first-order valence-corrected chi connectivity index (χ1v) is 9.91. The van der Waals surface area contributed by atoms with Gasteiger partial charge in [0.05, 0.1) is 22.8 Å². The summed E-state index contributed by atoms with van der Waals surface area (Å²) in [4.78, 5) is 23.8. The van der Waals surface area contributed by atoms with E-state index >= 15 is 0 Å². The molecule has 8 nitrogen and oxygen atoms in total. The molecule has 4 bridgehead atoms. The highest BCUT2D eigenvalue weighted by Crippen LogP contribution is 2.60. The van der Waals surface area contributed by atoms with Crippen LogP contribution in [-0.4, -0.2) is 41.6 Å². The lowest BCUT2D eigenvalue weighted by atomic mass is 9.50. The van der Waals surface area contributed by atoms with Gasteiger partial charge in [-0.15, -0.1) is 10.2 Å². The molecule has 0 spiro atoms. The Morgan fingerprint density at radius 1 is 1.11 bits per heavy atom. The van der Waals surface area contributed by atoms with Crippen LogP contribution in [0.5, 0.6) is 0 Å². The summed E-state index contributed by atoms with van der Waals surface area (Å²) < 4.78 is 0. The average Bonchev–Trinajstić information content (AvgIpc) is 3.22. The predicted molar refractivity (Wildman–Crippen MR) is 100 cm³/mol. The lowest BCUT2D eigenvalue weighted by Crippen LogP contribution is -2.66. The van der Waals surface area contributed by atoms with E-state index < -0.39 is 0 Å². The minimum Gasteiger partial charge on any atom is -0.345 e. The fraction of sp³-hybridized carbons (Fsp3) is 0.500. The van der Waals surface area contributed by atoms with Crippen molar-refractivity contribution in [3.63, 3.8) is 0 Å². The van der Waals surface area contributed by atoms with Crippen molar-refractivity contribution in [3.8, 4) is 0 Å². The van der Waals surface area contributed by atoms with Crippen LogP contribution >= 0.6 is 0 Å². The van der Waals surface area contributed by atoms with Crippen molar-refractivity contribution in [2.24, 2.45) is 11.8 Å². The molecule has 7 rings (SSSR count). The second-order valence-corrected chi connectivity index (χ2v) is 8.89. The summed E-state index contributed by atoms with van der Waals surface area (Å²) in [6, 6.07) is 7.61. The van der Waals surface area contributed by atoms with E-state index in [0.717, 1.165) is 43.1 Å². The number of rotatable bonds is 3. The third kappa shape index (κ3) is 2.36. The zero-order chi connectivity index (χ0) is 18.8. The molecule has 2 unspecified atom stereocenters. The van der Waals surface area contributed by atoms with Gasteiger partial charge in [0.15, 0.2) is 6.33 Å². The standard InChI is InChI=1S/C20H21N7O/c28-18(17-10-21-15-3-1-2-4-16(15)24-17)25-19-6-13-5-14(7-19)9-20(8-13,11-19)27-23-12-22-26-27/h1-4,10,12-14H,5-9,11H2,(H,25,28). The van der Waals surface area contributed by atoms with Crippen LogP contribution in [0.3, 0.4) is 0 Å². The molecule has 4 fully saturated rings. The van der Waals surface area contributed by atoms with Crippen LogP contribution in [0.4, 0.5) is 0 Å². The van der Waals surface area contributed by atoms with Crippen LogP contribution < -0.4 is 5.32 Å². The topological polar surface area (TPSA) is 98.5 Å². The van der Waals surface area contributed by atoms with Gasteiger partial charge in [0.1, 0.15) is 5.69 Å². The lowest BCUT2D eigenvalue weighted by Gasteiger charge is -2.61. The Kier molecular flexibility index (Phi) is 3.19. The molecule has 142 valence electrons. The Balaban J connectivity index is 1.32. The zero-order valence-corrected chi connectivity index (χ0v) is 15.5. The molecule has 0 saturated heterocycles. The second kappa shape index (κ2) is 5.56. The molecular formula is C20H21N7O. The number of nitrogens with one attached hydrogen (secondary N) is 1. The van der Waals surface area contributed by atoms with E-state index in [0.29, 0.717) is 17.5 Å². The Bertz CT molecular complexity index is 1050. The molecule has 28 heavy (non-hydrogen) atoms. The molecule has 4 saturated carbocycles. The maximum Gasteiger partial charge on any atom is 0.271 e. The molecule has 0 radical (unpaired) electrons. The average molecular weight is 375 g/mol. The molecule has 0 aliphatic heterocycles. The number of nitrogens with zero attached hydrogens (tertiary/aromatic N) is 6. The first-order valence-electron chi connectivity index (χ1n) is 9.91. The van der Waals surface area contributed by atoms with Crippen molar-refractivity contribution in [2.45, 2.75) is 49.6 Å². The third-order valence-corrected chi connectivity index (χ3v) is 6.86. The molecule has 1 N–H and O–H groups in total. The van der Waals surface area contributed by atoms with Gasteiger partial charge < -0.3 is 5.32 Å². The number of amides is 1. The number of hydrogen-bond donors (Lipinski definition) is 1. The summed E-state index contributed by atoms with van der Waals surface area (Å²) in [5.74, 6) is 1.05. The van der Waals surface area contributed by atoms with Crippen LogP contribution in [0, 0.1) is 11.8 Å². The first kappa shape index (κ1) is 16.1. The smallest absolute Gasteiger partial charge is 0.271 e. The highest BCUT2D eigenvalue weighted by Gasteiger charge is 2.60. The molecule has 4 aliphatic rings. The number of tetrazole rings is 1. The highest BCUT2D eigenvalue weighted by atomic mass is 16.2. The fourth-order valence-electron chi connectivity index (χ4n) is 6.35. The summed E-state index contributed by atoms with van der Waals surface area (Å²) in [6.07, 6.45) is 9.38. The number of benzene rings is 1. The van der Waals surface area contributed by atoms with Gasteiger partial charge in [0.2, 0.25) is 0 Å².